The number of aliphatic imine (C=N–C) groups is 1. The predicted octanol–water partition coefficient (Wildman–Crippen LogP) is 0.704. The summed E-state index contributed by atoms with van der Waals surface area (Å²) in [7, 11) is 2.09. The van der Waals surface area contributed by atoms with Crippen LogP contribution in [0.3, 0.4) is 0 Å². The zero-order valence-corrected chi connectivity index (χ0v) is 19.6. The Bertz CT molecular complexity index is 203. The van der Waals surface area contributed by atoms with E-state index in [0.29, 0.717) is 19.6 Å². The third-order valence-electron chi connectivity index (χ3n) is 2.42. The van der Waals surface area contributed by atoms with Crippen molar-refractivity contribution in [2.45, 2.75) is 49.0 Å². The van der Waals surface area contributed by atoms with Crippen LogP contribution in [0.5, 0.6) is 0 Å². The van der Waals surface area contributed by atoms with Gasteiger partial charge in [0.15, 0.2) is 0 Å². The highest BCUT2D eigenvalue weighted by Gasteiger charge is 1.93. The second kappa shape index (κ2) is 56.3. The molecule has 0 amide bonds. The van der Waals surface area contributed by atoms with E-state index in [9.17, 15) is 0 Å². The molecule has 28 heavy (non-hydrogen) atoms. The van der Waals surface area contributed by atoms with Crippen LogP contribution in [0, 0.1) is 0 Å². The zero-order valence-electron chi connectivity index (χ0n) is 19.6. The van der Waals surface area contributed by atoms with Gasteiger partial charge in [-0.3, -0.25) is 4.99 Å². The van der Waals surface area contributed by atoms with Gasteiger partial charge in [0.25, 0.3) is 0 Å². The van der Waals surface area contributed by atoms with Crippen LogP contribution < -0.4 is 33.6 Å². The Morgan fingerprint density at radius 1 is 0.821 bits per heavy atom. The van der Waals surface area contributed by atoms with Gasteiger partial charge in [-0.05, 0) is 33.2 Å². The highest BCUT2D eigenvalue weighted by atomic mass is 15.1. The average Bonchev–Trinajstić information content (AvgIpc) is 2.67. The molecule has 0 aliphatic carbocycles. The van der Waals surface area contributed by atoms with Crippen LogP contribution in [-0.4, -0.2) is 90.2 Å². The molecule has 8 nitrogen and oxygen atoms in total. The molecule has 0 saturated heterocycles. The van der Waals surface area contributed by atoms with E-state index < -0.39 is 0 Å². The largest absolute Gasteiger partial charge is 0.331 e. The second-order valence-electron chi connectivity index (χ2n) is 4.92. The van der Waals surface area contributed by atoms with Crippen molar-refractivity contribution in [2.75, 3.05) is 79.0 Å². The maximum Gasteiger partial charge on any atom is 0.0508 e. The van der Waals surface area contributed by atoms with Gasteiger partial charge in [0.05, 0.1) is 6.54 Å². The molecule has 10 N–H and O–H groups in total. The maximum atomic E-state index is 5.37. The smallest absolute Gasteiger partial charge is 0.0508 e. The number of rotatable bonds is 11. The highest BCUT2D eigenvalue weighted by Crippen LogP contribution is 1.76. The molecule has 8 heteroatoms. The van der Waals surface area contributed by atoms with Gasteiger partial charge < -0.3 is 38.5 Å². The molecule has 0 aromatic carbocycles. The summed E-state index contributed by atoms with van der Waals surface area (Å²) in [5.41, 5.74) is 20.4. The van der Waals surface area contributed by atoms with Crippen LogP contribution in [0.1, 0.15) is 49.0 Å². The van der Waals surface area contributed by atoms with Gasteiger partial charge in [0.1, 0.15) is 0 Å². The minimum absolute atomic E-state index is 0. The van der Waals surface area contributed by atoms with Crippen molar-refractivity contribution in [1.82, 2.24) is 15.5 Å². The number of nitrogens with two attached hydrogens (primary N) is 4. The number of hydrogen-bond acceptors (Lipinski definition) is 8. The lowest BCUT2D eigenvalue weighted by atomic mass is 10.5. The summed E-state index contributed by atoms with van der Waals surface area (Å²) >= 11 is 0. The molecule has 178 valence electrons. The Kier molecular flexibility index (Phi) is 83.8. The lowest BCUT2D eigenvalue weighted by molar-refractivity contribution is 0.342. The number of nitrogens with one attached hydrogen (secondary N) is 2. The van der Waals surface area contributed by atoms with Crippen molar-refractivity contribution >= 4 is 6.21 Å². The van der Waals surface area contributed by atoms with Gasteiger partial charge in [-0.1, -0.05) is 49.0 Å². The van der Waals surface area contributed by atoms with Crippen molar-refractivity contribution in [3.05, 3.63) is 0 Å². The summed E-state index contributed by atoms with van der Waals surface area (Å²) in [6.07, 6.45) is 1.66. The van der Waals surface area contributed by atoms with Gasteiger partial charge >= 0.3 is 0 Å². The van der Waals surface area contributed by atoms with Crippen LogP contribution >= 0.6 is 0 Å². The SMILES string of the molecule is C.CC.CCN.CCNCC.CCNCCN(C)CCN.NCC=NCCN. The van der Waals surface area contributed by atoms with Gasteiger partial charge in [0.2, 0.25) is 0 Å². The third kappa shape index (κ3) is 84.2. The molecule has 0 saturated carbocycles. The van der Waals surface area contributed by atoms with Crippen LogP contribution in [0.2, 0.25) is 0 Å². The summed E-state index contributed by atoms with van der Waals surface area (Å²) in [5.74, 6) is 0. The molecule has 0 rings (SSSR count). The van der Waals surface area contributed by atoms with Gasteiger partial charge in [-0.15, -0.1) is 0 Å². The van der Waals surface area contributed by atoms with E-state index in [4.69, 9.17) is 22.9 Å². The fourth-order valence-corrected chi connectivity index (χ4v) is 1.27. The van der Waals surface area contributed by atoms with Crippen molar-refractivity contribution < 1.29 is 0 Å². The first kappa shape index (κ1) is 41.7. The molecule has 0 aliphatic rings. The van der Waals surface area contributed by atoms with E-state index >= 15 is 0 Å². The summed E-state index contributed by atoms with van der Waals surface area (Å²) in [5, 5.41) is 6.37. The number of nitrogens with zero attached hydrogens (tertiary/aromatic N) is 2. The fourth-order valence-electron chi connectivity index (χ4n) is 1.27. The van der Waals surface area contributed by atoms with E-state index in [0.717, 1.165) is 52.4 Å². The molecule has 0 heterocycles. The standard InChI is InChI=1S/C7H19N3.C4H11N3.C4H11N.C2H7N.C2H6.CH4/c1-3-9-5-7-10(2)6-4-8;5-1-3-7-4-2-6;1-3-5-4-2;1-2-3;1-2;/h9H,3-8H2,1-2H3;3H,1-2,4-6H2;5H,3-4H2,1-2H3;2-3H2,1H3;1-2H3;1H4. The molecular formula is C20H58N8. The van der Waals surface area contributed by atoms with Crippen LogP contribution in [0.25, 0.3) is 0 Å². The quantitative estimate of drug-likeness (QED) is 0.217. The molecule has 0 fully saturated rings. The molecule has 0 radical (unpaired) electrons. The van der Waals surface area contributed by atoms with Crippen LogP contribution in [0.15, 0.2) is 4.99 Å². The van der Waals surface area contributed by atoms with Crippen LogP contribution in [-0.2, 0) is 0 Å². The molecule has 0 bridgehead atoms. The number of likely N-dealkylation sites (N-methyl/N-ethyl adjacent to an activating group) is 2. The molecule has 0 unspecified atom stereocenters. The summed E-state index contributed by atoms with van der Waals surface area (Å²) < 4.78 is 0. The average molecular weight is 411 g/mol. The highest BCUT2D eigenvalue weighted by molar-refractivity contribution is 5.59. The maximum absolute atomic E-state index is 5.37. The van der Waals surface area contributed by atoms with Gasteiger partial charge in [0, 0.05) is 45.5 Å². The van der Waals surface area contributed by atoms with E-state index in [1.165, 1.54) is 0 Å². The normalized spacial score (nSPS) is 8.86. The van der Waals surface area contributed by atoms with E-state index in [1.54, 1.807) is 6.21 Å². The third-order valence-corrected chi connectivity index (χ3v) is 2.42. The summed E-state index contributed by atoms with van der Waals surface area (Å²) in [6, 6.07) is 0. The van der Waals surface area contributed by atoms with Crippen molar-refractivity contribution in [1.29, 1.82) is 0 Å². The van der Waals surface area contributed by atoms with Crippen molar-refractivity contribution in [3.63, 3.8) is 0 Å². The fraction of sp³-hybridized carbons (Fsp3) is 0.950. The van der Waals surface area contributed by atoms with Crippen molar-refractivity contribution in [3.8, 4) is 0 Å². The minimum Gasteiger partial charge on any atom is -0.331 e. The topological polar surface area (TPSA) is 144 Å². The monoisotopic (exact) mass is 410 g/mol. The lowest BCUT2D eigenvalue weighted by Gasteiger charge is -2.14. The minimum atomic E-state index is 0. The first-order valence-electron chi connectivity index (χ1n) is 10.4. The Labute approximate surface area is 178 Å². The molecule has 0 spiro atoms. The molecule has 0 atom stereocenters. The zero-order chi connectivity index (χ0) is 22.2. The first-order valence-corrected chi connectivity index (χ1v) is 10.4. The molecular weight excluding hydrogens is 352 g/mol. The Balaban J connectivity index is -0.0000000593. The first-order chi connectivity index (χ1) is 13.1. The number of hydrogen-bond donors (Lipinski definition) is 6. The van der Waals surface area contributed by atoms with E-state index in [1.807, 2.05) is 20.8 Å². The van der Waals surface area contributed by atoms with Gasteiger partial charge in [-0.25, -0.2) is 0 Å². The van der Waals surface area contributed by atoms with E-state index in [2.05, 4.69) is 48.3 Å². The lowest BCUT2D eigenvalue weighted by Crippen LogP contribution is -2.32. The second-order valence-corrected chi connectivity index (χ2v) is 4.92. The predicted molar refractivity (Wildman–Crippen MR) is 134 cm³/mol. The Hall–Kier alpha value is -0.610. The summed E-state index contributed by atoms with van der Waals surface area (Å²) in [4.78, 5) is 6.06. The van der Waals surface area contributed by atoms with E-state index in [-0.39, 0.29) is 7.43 Å². The molecule has 0 aromatic heterocycles. The Morgan fingerprint density at radius 3 is 1.57 bits per heavy atom. The van der Waals surface area contributed by atoms with Crippen LogP contribution in [0.4, 0.5) is 0 Å². The summed E-state index contributed by atoms with van der Waals surface area (Å²) in [6.45, 7) is 21.9. The van der Waals surface area contributed by atoms with Gasteiger partial charge in [-0.2, -0.15) is 0 Å². The van der Waals surface area contributed by atoms with Crippen molar-refractivity contribution in [2.24, 2.45) is 27.9 Å². The molecule has 0 aliphatic heterocycles. The Morgan fingerprint density at radius 2 is 1.29 bits per heavy atom. The molecule has 0 aromatic rings.